The normalized spacial score (nSPS) is 28.8. The number of halogens is 1. The van der Waals surface area contributed by atoms with E-state index in [0.717, 1.165) is 56.8 Å². The Bertz CT molecular complexity index is 710. The van der Waals surface area contributed by atoms with Gasteiger partial charge in [0, 0.05) is 37.8 Å². The SMILES string of the molecule is COCNC1=CCCC=C1CN[C@@H](C(=O)N1CCC(C2CCC(Cl)CC2)C(C)(C)C1)C(C)C. The molecule has 1 saturated carbocycles. The molecule has 1 saturated heterocycles. The van der Waals surface area contributed by atoms with Crippen LogP contribution < -0.4 is 10.6 Å². The van der Waals surface area contributed by atoms with Crippen molar-refractivity contribution in [2.24, 2.45) is 23.2 Å². The van der Waals surface area contributed by atoms with Gasteiger partial charge in [0.1, 0.15) is 6.73 Å². The zero-order valence-electron chi connectivity index (χ0n) is 21.5. The van der Waals surface area contributed by atoms with Crippen LogP contribution >= 0.6 is 11.6 Å². The first-order valence-electron chi connectivity index (χ1n) is 13.0. The van der Waals surface area contributed by atoms with Crippen LogP contribution in [-0.2, 0) is 9.53 Å². The quantitative estimate of drug-likeness (QED) is 0.358. The van der Waals surface area contributed by atoms with Crippen molar-refractivity contribution >= 4 is 17.5 Å². The number of carbonyl (C=O) groups is 1. The maximum atomic E-state index is 13.7. The van der Waals surface area contributed by atoms with Crippen LogP contribution in [0.4, 0.5) is 0 Å². The summed E-state index contributed by atoms with van der Waals surface area (Å²) in [6.07, 6.45) is 12.5. The molecule has 0 spiro atoms. The third-order valence-electron chi connectivity index (χ3n) is 8.00. The first-order valence-corrected chi connectivity index (χ1v) is 13.4. The Hall–Kier alpha value is -1.04. The summed E-state index contributed by atoms with van der Waals surface area (Å²) in [5.41, 5.74) is 2.50. The van der Waals surface area contributed by atoms with E-state index in [4.69, 9.17) is 16.3 Å². The van der Waals surface area contributed by atoms with Crippen molar-refractivity contribution < 1.29 is 9.53 Å². The van der Waals surface area contributed by atoms with Gasteiger partial charge in [-0.3, -0.25) is 4.79 Å². The van der Waals surface area contributed by atoms with Crippen molar-refractivity contribution in [3.63, 3.8) is 0 Å². The molecule has 2 aliphatic carbocycles. The second-order valence-corrected chi connectivity index (χ2v) is 11.9. The monoisotopic (exact) mass is 479 g/mol. The fourth-order valence-corrected chi connectivity index (χ4v) is 6.42. The Balaban J connectivity index is 1.59. The summed E-state index contributed by atoms with van der Waals surface area (Å²) >= 11 is 6.36. The van der Waals surface area contributed by atoms with E-state index in [-0.39, 0.29) is 23.3 Å². The number of hydrogen-bond donors (Lipinski definition) is 2. The lowest BCUT2D eigenvalue weighted by Gasteiger charge is -2.49. The molecule has 0 radical (unpaired) electrons. The lowest BCUT2D eigenvalue weighted by atomic mass is 9.64. The molecular weight excluding hydrogens is 434 g/mol. The molecule has 1 unspecified atom stereocenters. The summed E-state index contributed by atoms with van der Waals surface area (Å²) in [5.74, 6) is 1.94. The molecular formula is C27H46ClN3O2. The van der Waals surface area contributed by atoms with Crippen LogP contribution in [0.25, 0.3) is 0 Å². The van der Waals surface area contributed by atoms with Crippen LogP contribution in [0.5, 0.6) is 0 Å². The van der Waals surface area contributed by atoms with Gasteiger partial charge in [0.05, 0.1) is 6.04 Å². The van der Waals surface area contributed by atoms with Crippen molar-refractivity contribution in [2.75, 3.05) is 33.5 Å². The summed E-state index contributed by atoms with van der Waals surface area (Å²) < 4.78 is 5.18. The molecule has 2 fully saturated rings. The van der Waals surface area contributed by atoms with Crippen LogP contribution in [-0.4, -0.2) is 55.7 Å². The van der Waals surface area contributed by atoms with Gasteiger partial charge in [-0.25, -0.2) is 0 Å². The third kappa shape index (κ3) is 6.99. The number of rotatable bonds is 9. The van der Waals surface area contributed by atoms with E-state index in [0.29, 0.717) is 24.6 Å². The maximum Gasteiger partial charge on any atom is 0.239 e. The Morgan fingerprint density at radius 2 is 1.88 bits per heavy atom. The van der Waals surface area contributed by atoms with Gasteiger partial charge in [0.25, 0.3) is 0 Å². The number of ether oxygens (including phenoxy) is 1. The van der Waals surface area contributed by atoms with Gasteiger partial charge in [0.2, 0.25) is 5.91 Å². The van der Waals surface area contributed by atoms with Gasteiger partial charge in [-0.2, -0.15) is 0 Å². The van der Waals surface area contributed by atoms with Crippen molar-refractivity contribution in [3.05, 3.63) is 23.4 Å². The van der Waals surface area contributed by atoms with Crippen LogP contribution in [0, 0.1) is 23.2 Å². The van der Waals surface area contributed by atoms with Crippen LogP contribution in [0.3, 0.4) is 0 Å². The highest BCUT2D eigenvalue weighted by molar-refractivity contribution is 6.20. The molecule has 3 aliphatic rings. The number of alkyl halides is 1. The summed E-state index contributed by atoms with van der Waals surface area (Å²) in [6, 6.07) is -0.171. The zero-order chi connectivity index (χ0) is 24.0. The Morgan fingerprint density at radius 3 is 2.52 bits per heavy atom. The average Bonchev–Trinajstić information content (AvgIpc) is 2.78. The molecule has 0 aromatic carbocycles. The highest BCUT2D eigenvalue weighted by Crippen LogP contribution is 2.45. The number of carbonyl (C=O) groups excluding carboxylic acids is 1. The van der Waals surface area contributed by atoms with Crippen molar-refractivity contribution in [2.45, 2.75) is 84.1 Å². The molecule has 188 valence electrons. The predicted molar refractivity (Wildman–Crippen MR) is 137 cm³/mol. The summed E-state index contributed by atoms with van der Waals surface area (Å²) in [5, 5.41) is 7.31. The summed E-state index contributed by atoms with van der Waals surface area (Å²) in [4.78, 5) is 15.8. The first-order chi connectivity index (χ1) is 15.7. The van der Waals surface area contributed by atoms with E-state index in [2.05, 4.69) is 55.4 Å². The predicted octanol–water partition coefficient (Wildman–Crippen LogP) is 5.07. The molecule has 0 aromatic heterocycles. The van der Waals surface area contributed by atoms with Gasteiger partial charge >= 0.3 is 0 Å². The number of likely N-dealkylation sites (tertiary alicyclic amines) is 1. The molecule has 1 amide bonds. The Kier molecular flexibility index (Phi) is 9.72. The highest BCUT2D eigenvalue weighted by atomic mass is 35.5. The fourth-order valence-electron chi connectivity index (χ4n) is 6.17. The third-order valence-corrected chi connectivity index (χ3v) is 8.43. The molecule has 1 heterocycles. The maximum absolute atomic E-state index is 13.7. The van der Waals surface area contributed by atoms with E-state index in [1.807, 2.05) is 0 Å². The number of piperidine rings is 1. The second-order valence-electron chi connectivity index (χ2n) is 11.3. The van der Waals surface area contributed by atoms with Crippen LogP contribution in [0.2, 0.25) is 0 Å². The van der Waals surface area contributed by atoms with Crippen LogP contribution in [0.1, 0.15) is 72.6 Å². The fraction of sp³-hybridized carbons (Fsp3) is 0.815. The number of hydrogen-bond acceptors (Lipinski definition) is 4. The van der Waals surface area contributed by atoms with E-state index in [1.54, 1.807) is 7.11 Å². The summed E-state index contributed by atoms with van der Waals surface area (Å²) in [7, 11) is 1.69. The lowest BCUT2D eigenvalue weighted by molar-refractivity contribution is -0.140. The van der Waals surface area contributed by atoms with Crippen molar-refractivity contribution in [1.29, 1.82) is 0 Å². The minimum Gasteiger partial charge on any atom is -0.365 e. The minimum absolute atomic E-state index is 0.144. The van der Waals surface area contributed by atoms with Gasteiger partial charge in [-0.1, -0.05) is 39.8 Å². The molecule has 33 heavy (non-hydrogen) atoms. The molecule has 0 aromatic rings. The first kappa shape index (κ1) is 26.6. The molecule has 2 atom stereocenters. The van der Waals surface area contributed by atoms with Crippen LogP contribution in [0.15, 0.2) is 23.4 Å². The summed E-state index contributed by atoms with van der Waals surface area (Å²) in [6.45, 7) is 11.9. The van der Waals surface area contributed by atoms with E-state index >= 15 is 0 Å². The molecule has 2 N–H and O–H groups in total. The van der Waals surface area contributed by atoms with Crippen molar-refractivity contribution in [3.8, 4) is 0 Å². The highest BCUT2D eigenvalue weighted by Gasteiger charge is 2.43. The van der Waals surface area contributed by atoms with E-state index in [1.165, 1.54) is 18.4 Å². The average molecular weight is 480 g/mol. The molecule has 6 heteroatoms. The number of allylic oxidation sites excluding steroid dienone is 2. The Morgan fingerprint density at radius 1 is 1.18 bits per heavy atom. The topological polar surface area (TPSA) is 53.6 Å². The Labute approximate surface area is 206 Å². The number of amides is 1. The van der Waals surface area contributed by atoms with Crippen molar-refractivity contribution in [1.82, 2.24) is 15.5 Å². The largest absolute Gasteiger partial charge is 0.365 e. The number of nitrogens with zero attached hydrogens (tertiary/aromatic N) is 1. The van der Waals surface area contributed by atoms with Gasteiger partial charge in [-0.05, 0) is 73.7 Å². The van der Waals surface area contributed by atoms with E-state index < -0.39 is 0 Å². The van der Waals surface area contributed by atoms with Gasteiger partial charge < -0.3 is 20.3 Å². The molecule has 3 rings (SSSR count). The molecule has 1 aliphatic heterocycles. The molecule has 0 bridgehead atoms. The number of methoxy groups -OCH3 is 1. The smallest absolute Gasteiger partial charge is 0.239 e. The lowest BCUT2D eigenvalue weighted by Crippen LogP contribution is -2.56. The standard InChI is InChI=1S/C27H46ClN3O2/c1-19(2)25(29-16-21-8-6-7-9-24(21)30-18-33-5)26(32)31-15-14-23(27(3,4)17-31)20-10-12-22(28)13-11-20/h8-9,19-20,22-23,25,29-30H,6-7,10-18H2,1-5H3/t20?,22?,23?,25-/m1/s1. The second kappa shape index (κ2) is 12.1. The zero-order valence-corrected chi connectivity index (χ0v) is 22.2. The van der Waals surface area contributed by atoms with E-state index in [9.17, 15) is 4.79 Å². The van der Waals surface area contributed by atoms with Gasteiger partial charge in [0.15, 0.2) is 0 Å². The molecule has 5 nitrogen and oxygen atoms in total. The minimum atomic E-state index is -0.171. The van der Waals surface area contributed by atoms with Gasteiger partial charge in [-0.15, -0.1) is 11.6 Å². The number of nitrogens with one attached hydrogen (secondary N) is 2.